The number of hydrogen-bond donors (Lipinski definition) is 2. The molecule has 0 aliphatic heterocycles. The summed E-state index contributed by atoms with van der Waals surface area (Å²) in [5.41, 5.74) is 0.573. The molecule has 0 aliphatic carbocycles. The van der Waals surface area contributed by atoms with Crippen LogP contribution in [0.3, 0.4) is 0 Å². The summed E-state index contributed by atoms with van der Waals surface area (Å²) in [5, 5.41) is 18.2. The maximum Gasteiger partial charge on any atom is 0.263 e. The van der Waals surface area contributed by atoms with Crippen LogP contribution in [0.25, 0.3) is 0 Å². The Balaban J connectivity index is 2.29. The van der Waals surface area contributed by atoms with E-state index in [2.05, 4.69) is 14.9 Å². The maximum absolute atomic E-state index is 12.2. The zero-order valence-electron chi connectivity index (χ0n) is 11.1. The number of aliphatic hydroxyl groups excluding tert-OH is 1. The lowest BCUT2D eigenvalue weighted by atomic mass is 10.1. The van der Waals surface area contributed by atoms with Crippen molar-refractivity contribution in [1.82, 2.24) is 10.2 Å². The van der Waals surface area contributed by atoms with Crippen LogP contribution in [0.1, 0.15) is 30.0 Å². The smallest absolute Gasteiger partial charge is 0.263 e. The fourth-order valence-electron chi connectivity index (χ4n) is 1.64. The molecule has 2 N–H and O–H groups in total. The molecule has 108 valence electrons. The molecule has 8 heteroatoms. The van der Waals surface area contributed by atoms with Gasteiger partial charge in [-0.15, -0.1) is 10.2 Å². The molecule has 0 fully saturated rings. The third kappa shape index (κ3) is 3.33. The van der Waals surface area contributed by atoms with E-state index >= 15 is 0 Å². The number of aliphatic hydroxyl groups is 1. The van der Waals surface area contributed by atoms with Crippen LogP contribution in [0.15, 0.2) is 29.2 Å². The van der Waals surface area contributed by atoms with E-state index in [1.54, 1.807) is 19.1 Å². The Labute approximate surface area is 121 Å². The Bertz CT molecular complexity index is 697. The van der Waals surface area contributed by atoms with Crippen molar-refractivity contribution in [3.05, 3.63) is 34.8 Å². The van der Waals surface area contributed by atoms with Gasteiger partial charge in [-0.25, -0.2) is 8.42 Å². The molecular formula is C12H15N3O3S2. The average molecular weight is 313 g/mol. The van der Waals surface area contributed by atoms with Crippen molar-refractivity contribution in [3.63, 3.8) is 0 Å². The number of nitrogens with zero attached hydrogens (tertiary/aromatic N) is 2. The van der Waals surface area contributed by atoms with Gasteiger partial charge in [-0.2, -0.15) is 0 Å². The van der Waals surface area contributed by atoms with Gasteiger partial charge in [0.15, 0.2) is 0 Å². The second kappa shape index (κ2) is 5.86. The zero-order valence-corrected chi connectivity index (χ0v) is 12.7. The number of aryl methyl sites for hydroxylation is 1. The zero-order chi connectivity index (χ0) is 14.8. The lowest BCUT2D eigenvalue weighted by molar-refractivity contribution is 0.173. The highest BCUT2D eigenvalue weighted by Crippen LogP contribution is 2.23. The molecule has 6 nitrogen and oxygen atoms in total. The van der Waals surface area contributed by atoms with Crippen LogP contribution in [-0.4, -0.2) is 23.7 Å². The summed E-state index contributed by atoms with van der Waals surface area (Å²) in [7, 11) is -3.72. The van der Waals surface area contributed by atoms with Gasteiger partial charge in [-0.05, 0) is 31.0 Å². The predicted molar refractivity (Wildman–Crippen MR) is 77.1 cm³/mol. The van der Waals surface area contributed by atoms with Gasteiger partial charge in [0.25, 0.3) is 10.0 Å². The number of sulfonamides is 1. The fourth-order valence-corrected chi connectivity index (χ4v) is 3.51. The summed E-state index contributed by atoms with van der Waals surface area (Å²) < 4.78 is 26.8. The van der Waals surface area contributed by atoms with Crippen molar-refractivity contribution >= 4 is 26.5 Å². The first kappa shape index (κ1) is 14.9. The van der Waals surface area contributed by atoms with Crippen LogP contribution in [0.5, 0.6) is 0 Å². The Morgan fingerprint density at radius 2 is 2.15 bits per heavy atom. The third-order valence-electron chi connectivity index (χ3n) is 2.69. The second-order valence-electron chi connectivity index (χ2n) is 4.23. The molecule has 0 saturated carbocycles. The van der Waals surface area contributed by atoms with Crippen molar-refractivity contribution in [2.45, 2.75) is 31.3 Å². The van der Waals surface area contributed by atoms with E-state index in [4.69, 9.17) is 0 Å². The summed E-state index contributed by atoms with van der Waals surface area (Å²) in [6.45, 7) is 3.57. The van der Waals surface area contributed by atoms with Gasteiger partial charge in [0.1, 0.15) is 5.01 Å². The average Bonchev–Trinajstić information content (AvgIpc) is 2.82. The number of rotatable bonds is 5. The summed E-state index contributed by atoms with van der Waals surface area (Å²) in [6.07, 6.45) is -0.152. The summed E-state index contributed by atoms with van der Waals surface area (Å²) >= 11 is 1.16. The van der Waals surface area contributed by atoms with E-state index in [1.807, 2.05) is 6.92 Å². The molecule has 2 aromatic rings. The lowest BCUT2D eigenvalue weighted by Crippen LogP contribution is -2.13. The van der Waals surface area contributed by atoms with E-state index in [0.717, 1.165) is 11.3 Å². The number of anilines is 1. The third-order valence-corrected chi connectivity index (χ3v) is 4.91. The maximum atomic E-state index is 12.2. The first-order valence-corrected chi connectivity index (χ1v) is 8.33. The van der Waals surface area contributed by atoms with Crippen molar-refractivity contribution < 1.29 is 13.5 Å². The van der Waals surface area contributed by atoms with Crippen molar-refractivity contribution in [1.29, 1.82) is 0 Å². The van der Waals surface area contributed by atoms with E-state index < -0.39 is 16.1 Å². The molecule has 1 aromatic carbocycles. The quantitative estimate of drug-likeness (QED) is 0.882. The highest BCUT2D eigenvalue weighted by Gasteiger charge is 2.18. The van der Waals surface area contributed by atoms with Crippen LogP contribution in [0, 0.1) is 6.92 Å². The van der Waals surface area contributed by atoms with Gasteiger partial charge in [0.2, 0.25) is 5.13 Å². The Hall–Kier alpha value is -1.51. The summed E-state index contributed by atoms with van der Waals surface area (Å²) in [6, 6.07) is 6.24. The summed E-state index contributed by atoms with van der Waals surface area (Å²) in [4.78, 5) is 0.0929. The molecule has 0 amide bonds. The first-order chi connectivity index (χ1) is 9.42. The van der Waals surface area contributed by atoms with Crippen molar-refractivity contribution in [2.24, 2.45) is 0 Å². The van der Waals surface area contributed by atoms with Crippen LogP contribution < -0.4 is 4.72 Å². The standard InChI is InChI=1S/C12H15N3O3S2/c1-3-11(16)9-5-4-6-10(7-9)20(17,18)15-12-14-13-8(2)19-12/h4-7,11,16H,3H2,1-2H3,(H,14,15). The number of hydrogen-bond acceptors (Lipinski definition) is 6. The van der Waals surface area contributed by atoms with Gasteiger partial charge >= 0.3 is 0 Å². The molecule has 0 saturated heterocycles. The molecule has 0 bridgehead atoms. The highest BCUT2D eigenvalue weighted by molar-refractivity contribution is 7.93. The first-order valence-electron chi connectivity index (χ1n) is 6.03. The second-order valence-corrected chi connectivity index (χ2v) is 7.09. The van der Waals surface area contributed by atoms with Crippen molar-refractivity contribution in [2.75, 3.05) is 4.72 Å². The van der Waals surface area contributed by atoms with E-state index in [9.17, 15) is 13.5 Å². The SMILES string of the molecule is CCC(O)c1cccc(S(=O)(=O)Nc2nnc(C)s2)c1. The minimum absolute atomic E-state index is 0.0929. The van der Waals surface area contributed by atoms with Crippen LogP contribution in [-0.2, 0) is 10.0 Å². The molecule has 1 atom stereocenters. The van der Waals surface area contributed by atoms with Gasteiger partial charge < -0.3 is 5.11 Å². The number of benzene rings is 1. The lowest BCUT2D eigenvalue weighted by Gasteiger charge is -2.10. The molecule has 0 aliphatic rings. The van der Waals surface area contributed by atoms with E-state index in [-0.39, 0.29) is 10.0 Å². The van der Waals surface area contributed by atoms with Crippen molar-refractivity contribution in [3.8, 4) is 0 Å². The minimum atomic E-state index is -3.72. The fraction of sp³-hybridized carbons (Fsp3) is 0.333. The number of aromatic nitrogens is 2. The van der Waals surface area contributed by atoms with E-state index in [1.165, 1.54) is 12.1 Å². The van der Waals surface area contributed by atoms with Gasteiger partial charge in [0.05, 0.1) is 11.0 Å². The Morgan fingerprint density at radius 1 is 1.40 bits per heavy atom. The van der Waals surface area contributed by atoms with Gasteiger partial charge in [-0.1, -0.05) is 30.4 Å². The molecule has 0 radical (unpaired) electrons. The van der Waals surface area contributed by atoms with Gasteiger partial charge in [-0.3, -0.25) is 4.72 Å². The van der Waals surface area contributed by atoms with Crippen LogP contribution >= 0.6 is 11.3 Å². The predicted octanol–water partition coefficient (Wildman–Crippen LogP) is 2.09. The Kier molecular flexibility index (Phi) is 4.36. The Morgan fingerprint density at radius 3 is 2.75 bits per heavy atom. The largest absolute Gasteiger partial charge is 0.388 e. The highest BCUT2D eigenvalue weighted by atomic mass is 32.2. The molecule has 20 heavy (non-hydrogen) atoms. The molecule has 0 spiro atoms. The number of nitrogens with one attached hydrogen (secondary N) is 1. The molecule has 1 heterocycles. The summed E-state index contributed by atoms with van der Waals surface area (Å²) in [5.74, 6) is 0. The van der Waals surface area contributed by atoms with Crippen LogP contribution in [0.4, 0.5) is 5.13 Å². The molecule has 2 rings (SSSR count). The van der Waals surface area contributed by atoms with Gasteiger partial charge in [0, 0.05) is 0 Å². The van der Waals surface area contributed by atoms with Crippen LogP contribution in [0.2, 0.25) is 0 Å². The monoisotopic (exact) mass is 313 g/mol. The normalized spacial score (nSPS) is 13.2. The molecular weight excluding hydrogens is 298 g/mol. The van der Waals surface area contributed by atoms with E-state index in [0.29, 0.717) is 17.0 Å². The minimum Gasteiger partial charge on any atom is -0.388 e. The topological polar surface area (TPSA) is 92.2 Å². The molecule has 1 unspecified atom stereocenters. The molecule has 1 aromatic heterocycles.